The van der Waals surface area contributed by atoms with Gasteiger partial charge in [0.1, 0.15) is 5.82 Å². The van der Waals surface area contributed by atoms with E-state index in [1.54, 1.807) is 18.3 Å². The van der Waals surface area contributed by atoms with Crippen molar-refractivity contribution in [1.82, 2.24) is 0 Å². The van der Waals surface area contributed by atoms with Crippen molar-refractivity contribution in [2.75, 3.05) is 5.75 Å². The van der Waals surface area contributed by atoms with Gasteiger partial charge in [0.05, 0.1) is 9.90 Å². The molecule has 0 radical (unpaired) electrons. The van der Waals surface area contributed by atoms with Gasteiger partial charge in [-0.2, -0.15) is 11.8 Å². The Labute approximate surface area is 130 Å². The molecule has 104 valence electrons. The van der Waals surface area contributed by atoms with E-state index < -0.39 is 0 Å². The first-order chi connectivity index (χ1) is 9.56. The lowest BCUT2D eigenvalue weighted by Crippen LogP contribution is -2.01. The zero-order chi connectivity index (χ0) is 14.3. The number of thiophene rings is 1. The molecule has 3 rings (SSSR count). The van der Waals surface area contributed by atoms with E-state index in [9.17, 15) is 9.18 Å². The first-order valence-corrected chi connectivity index (χ1v) is 8.61. The fraction of sp³-hybridized carbons (Fsp3) is 0.267. The van der Waals surface area contributed by atoms with E-state index in [-0.39, 0.29) is 16.6 Å². The molecule has 0 N–H and O–H groups in total. The summed E-state index contributed by atoms with van der Waals surface area (Å²) in [5, 5.41) is 0.179. The van der Waals surface area contributed by atoms with Crippen LogP contribution < -0.4 is 0 Å². The van der Waals surface area contributed by atoms with Crippen LogP contribution in [0.2, 0.25) is 5.02 Å². The molecule has 1 aromatic carbocycles. The minimum Gasteiger partial charge on any atom is -0.288 e. The van der Waals surface area contributed by atoms with E-state index in [2.05, 4.69) is 0 Å². The molecule has 1 nitrogen and oxygen atoms in total. The second-order valence-electron chi connectivity index (χ2n) is 4.77. The Hall–Kier alpha value is -0.840. The van der Waals surface area contributed by atoms with Crippen LogP contribution in [0.15, 0.2) is 18.2 Å². The molecule has 1 aromatic heterocycles. The van der Waals surface area contributed by atoms with Crippen molar-refractivity contribution in [3.63, 3.8) is 0 Å². The third kappa shape index (κ3) is 2.52. The lowest BCUT2D eigenvalue weighted by molar-refractivity contribution is 0.104. The van der Waals surface area contributed by atoms with Gasteiger partial charge in [0.15, 0.2) is 0 Å². The third-order valence-corrected chi connectivity index (χ3v) is 5.90. The highest BCUT2D eigenvalue weighted by Crippen LogP contribution is 2.34. The second-order valence-corrected chi connectivity index (χ2v) is 7.42. The van der Waals surface area contributed by atoms with Gasteiger partial charge < -0.3 is 0 Å². The summed E-state index contributed by atoms with van der Waals surface area (Å²) in [5.41, 5.74) is 2.08. The van der Waals surface area contributed by atoms with E-state index >= 15 is 0 Å². The zero-order valence-corrected chi connectivity index (χ0v) is 13.2. The monoisotopic (exact) mass is 326 g/mol. The van der Waals surface area contributed by atoms with Gasteiger partial charge in [-0.25, -0.2) is 4.39 Å². The largest absolute Gasteiger partial charge is 0.288 e. The molecule has 1 aliphatic heterocycles. The molecule has 5 heteroatoms. The van der Waals surface area contributed by atoms with E-state index in [0.717, 1.165) is 17.9 Å². The minimum atomic E-state index is -0.381. The molecule has 0 saturated heterocycles. The highest BCUT2D eigenvalue weighted by molar-refractivity contribution is 7.98. The highest BCUT2D eigenvalue weighted by atomic mass is 35.5. The number of rotatable bonds is 2. The maximum Gasteiger partial charge on any atom is 0.204 e. The number of aryl methyl sites for hydroxylation is 2. The van der Waals surface area contributed by atoms with Crippen LogP contribution in [0.1, 0.15) is 31.2 Å². The van der Waals surface area contributed by atoms with E-state index in [0.29, 0.717) is 16.0 Å². The summed E-state index contributed by atoms with van der Waals surface area (Å²) in [6.45, 7) is 1.64. The van der Waals surface area contributed by atoms with Crippen molar-refractivity contribution < 1.29 is 9.18 Å². The maximum atomic E-state index is 13.4. The Morgan fingerprint density at radius 2 is 2.15 bits per heavy atom. The number of benzene rings is 1. The van der Waals surface area contributed by atoms with E-state index in [1.165, 1.54) is 22.6 Å². The Morgan fingerprint density at radius 3 is 2.90 bits per heavy atom. The molecular formula is C15H12ClFOS2. The summed E-state index contributed by atoms with van der Waals surface area (Å²) in [6.07, 6.45) is 1.02. The molecule has 0 atom stereocenters. The van der Waals surface area contributed by atoms with Crippen LogP contribution in [0.3, 0.4) is 0 Å². The molecule has 0 bridgehead atoms. The van der Waals surface area contributed by atoms with Gasteiger partial charge in [-0.05, 0) is 48.4 Å². The summed E-state index contributed by atoms with van der Waals surface area (Å²) in [6, 6.07) is 4.71. The second kappa shape index (κ2) is 5.51. The molecule has 0 fully saturated rings. The number of hydrogen-bond acceptors (Lipinski definition) is 3. The standard InChI is InChI=1S/C15H12ClFOS2/c1-8-4-10(11(16)6-12(8)17)15(18)14-5-9-7-19-3-2-13(9)20-14/h4-6H,2-3,7H2,1H3. The summed E-state index contributed by atoms with van der Waals surface area (Å²) >= 11 is 9.44. The van der Waals surface area contributed by atoms with Crippen LogP contribution in [0.25, 0.3) is 0 Å². The van der Waals surface area contributed by atoms with Crippen molar-refractivity contribution in [1.29, 1.82) is 0 Å². The van der Waals surface area contributed by atoms with Gasteiger partial charge in [-0.1, -0.05) is 11.6 Å². The molecule has 0 unspecified atom stereocenters. The molecular weight excluding hydrogens is 315 g/mol. The fourth-order valence-corrected chi connectivity index (χ4v) is 4.79. The number of halogens is 2. The predicted molar refractivity (Wildman–Crippen MR) is 83.8 cm³/mol. The fourth-order valence-electron chi connectivity index (χ4n) is 2.22. The van der Waals surface area contributed by atoms with Gasteiger partial charge in [-0.15, -0.1) is 11.3 Å². The average Bonchev–Trinajstić information content (AvgIpc) is 2.86. The summed E-state index contributed by atoms with van der Waals surface area (Å²) in [5.74, 6) is 1.59. The summed E-state index contributed by atoms with van der Waals surface area (Å²) in [7, 11) is 0. The van der Waals surface area contributed by atoms with Crippen LogP contribution >= 0.6 is 34.7 Å². The predicted octanol–water partition coefficient (Wildman–Crippen LogP) is 4.87. The zero-order valence-electron chi connectivity index (χ0n) is 10.8. The van der Waals surface area contributed by atoms with Crippen molar-refractivity contribution in [2.24, 2.45) is 0 Å². The van der Waals surface area contributed by atoms with Gasteiger partial charge in [-0.3, -0.25) is 4.79 Å². The Balaban J connectivity index is 2.00. The Bertz CT molecular complexity index is 670. The van der Waals surface area contributed by atoms with Gasteiger partial charge in [0.2, 0.25) is 5.78 Å². The number of thioether (sulfide) groups is 1. The van der Waals surface area contributed by atoms with Crippen LogP contribution in [0.4, 0.5) is 4.39 Å². The van der Waals surface area contributed by atoms with Crippen molar-refractivity contribution >= 4 is 40.5 Å². The molecule has 2 aromatic rings. The molecule has 0 aliphatic carbocycles. The van der Waals surface area contributed by atoms with Crippen molar-refractivity contribution in [2.45, 2.75) is 19.1 Å². The van der Waals surface area contributed by atoms with E-state index in [4.69, 9.17) is 11.6 Å². The Morgan fingerprint density at radius 1 is 1.35 bits per heavy atom. The number of carbonyl (C=O) groups is 1. The van der Waals surface area contributed by atoms with Gasteiger partial charge in [0.25, 0.3) is 0 Å². The molecule has 20 heavy (non-hydrogen) atoms. The first-order valence-electron chi connectivity index (χ1n) is 6.26. The summed E-state index contributed by atoms with van der Waals surface area (Å²) in [4.78, 5) is 14.5. The van der Waals surface area contributed by atoms with E-state index in [1.807, 2.05) is 17.8 Å². The Kier molecular flexibility index (Phi) is 3.89. The quantitative estimate of drug-likeness (QED) is 0.732. The number of hydrogen-bond donors (Lipinski definition) is 0. The smallest absolute Gasteiger partial charge is 0.204 e. The maximum absolute atomic E-state index is 13.4. The van der Waals surface area contributed by atoms with Crippen LogP contribution in [-0.2, 0) is 12.2 Å². The topological polar surface area (TPSA) is 17.1 Å². The number of carbonyl (C=O) groups excluding carboxylic acids is 1. The average molecular weight is 327 g/mol. The molecule has 0 saturated carbocycles. The molecule has 1 aliphatic rings. The minimum absolute atomic E-state index is 0.109. The van der Waals surface area contributed by atoms with Gasteiger partial charge >= 0.3 is 0 Å². The first kappa shape index (κ1) is 14.1. The van der Waals surface area contributed by atoms with Crippen LogP contribution in [0, 0.1) is 12.7 Å². The lowest BCUT2D eigenvalue weighted by atomic mass is 10.1. The number of ketones is 1. The summed E-state index contributed by atoms with van der Waals surface area (Å²) < 4.78 is 13.4. The lowest BCUT2D eigenvalue weighted by Gasteiger charge is -2.08. The van der Waals surface area contributed by atoms with Crippen molar-refractivity contribution in [3.8, 4) is 0 Å². The number of fused-ring (bicyclic) bond motifs is 1. The van der Waals surface area contributed by atoms with Crippen molar-refractivity contribution in [3.05, 3.63) is 55.5 Å². The van der Waals surface area contributed by atoms with Gasteiger partial charge in [0, 0.05) is 16.2 Å². The molecule has 0 amide bonds. The highest BCUT2D eigenvalue weighted by Gasteiger charge is 2.21. The molecule has 0 spiro atoms. The van der Waals surface area contributed by atoms with Crippen LogP contribution in [0.5, 0.6) is 0 Å². The normalized spacial score (nSPS) is 14.2. The third-order valence-electron chi connectivity index (χ3n) is 3.34. The SMILES string of the molecule is Cc1cc(C(=O)c2cc3c(s2)CCSC3)c(Cl)cc1F. The van der Waals surface area contributed by atoms with Crippen LogP contribution in [-0.4, -0.2) is 11.5 Å². The molecule has 2 heterocycles.